The van der Waals surface area contributed by atoms with Crippen LogP contribution < -0.4 is 11.1 Å². The van der Waals surface area contributed by atoms with Gasteiger partial charge in [-0.2, -0.15) is 0 Å². The Kier molecular flexibility index (Phi) is 3.91. The standard InChI is InChI=1S/C15H18N2/c1-17-15(13-7-3-2-4-8-13)14-9-5-6-12(10-14)11-16/h2-10,15,17H,11,16H2,1H3. The molecule has 2 nitrogen and oxygen atoms in total. The Hall–Kier alpha value is -1.64. The van der Waals surface area contributed by atoms with Crippen molar-refractivity contribution in [3.8, 4) is 0 Å². The van der Waals surface area contributed by atoms with E-state index in [4.69, 9.17) is 5.73 Å². The summed E-state index contributed by atoms with van der Waals surface area (Å²) < 4.78 is 0. The third-order valence-corrected chi connectivity index (χ3v) is 2.94. The molecule has 0 fully saturated rings. The molecule has 0 radical (unpaired) electrons. The zero-order chi connectivity index (χ0) is 12.1. The summed E-state index contributed by atoms with van der Waals surface area (Å²) in [4.78, 5) is 0. The van der Waals surface area contributed by atoms with E-state index >= 15 is 0 Å². The van der Waals surface area contributed by atoms with Gasteiger partial charge in [-0.05, 0) is 23.7 Å². The van der Waals surface area contributed by atoms with Crippen LogP contribution in [0.1, 0.15) is 22.7 Å². The van der Waals surface area contributed by atoms with Gasteiger partial charge in [0.05, 0.1) is 6.04 Å². The Morgan fingerprint density at radius 2 is 1.71 bits per heavy atom. The number of hydrogen-bond acceptors (Lipinski definition) is 2. The fourth-order valence-corrected chi connectivity index (χ4v) is 2.07. The molecule has 2 heteroatoms. The lowest BCUT2D eigenvalue weighted by Gasteiger charge is -2.17. The van der Waals surface area contributed by atoms with Gasteiger partial charge >= 0.3 is 0 Å². The molecule has 0 amide bonds. The van der Waals surface area contributed by atoms with Gasteiger partial charge in [-0.15, -0.1) is 0 Å². The van der Waals surface area contributed by atoms with Crippen LogP contribution in [-0.2, 0) is 6.54 Å². The molecule has 0 aromatic heterocycles. The maximum Gasteiger partial charge on any atom is 0.0574 e. The third-order valence-electron chi connectivity index (χ3n) is 2.94. The molecule has 1 unspecified atom stereocenters. The van der Waals surface area contributed by atoms with Gasteiger partial charge in [-0.1, -0.05) is 54.6 Å². The SMILES string of the molecule is CNC(c1ccccc1)c1cccc(CN)c1. The van der Waals surface area contributed by atoms with Crippen molar-refractivity contribution >= 4 is 0 Å². The molecule has 0 aliphatic carbocycles. The minimum Gasteiger partial charge on any atom is -0.326 e. The van der Waals surface area contributed by atoms with Crippen LogP contribution in [-0.4, -0.2) is 7.05 Å². The van der Waals surface area contributed by atoms with Crippen molar-refractivity contribution in [2.45, 2.75) is 12.6 Å². The Balaban J connectivity index is 2.35. The van der Waals surface area contributed by atoms with Gasteiger partial charge in [-0.25, -0.2) is 0 Å². The molecule has 1 atom stereocenters. The highest BCUT2D eigenvalue weighted by Crippen LogP contribution is 2.22. The summed E-state index contributed by atoms with van der Waals surface area (Å²) in [5.74, 6) is 0. The summed E-state index contributed by atoms with van der Waals surface area (Å²) >= 11 is 0. The Morgan fingerprint density at radius 1 is 1.00 bits per heavy atom. The Labute approximate surface area is 102 Å². The van der Waals surface area contributed by atoms with Crippen molar-refractivity contribution < 1.29 is 0 Å². The van der Waals surface area contributed by atoms with Crippen molar-refractivity contribution in [3.05, 3.63) is 71.3 Å². The maximum atomic E-state index is 5.68. The van der Waals surface area contributed by atoms with E-state index in [9.17, 15) is 0 Å². The molecule has 88 valence electrons. The van der Waals surface area contributed by atoms with Crippen LogP contribution in [0.15, 0.2) is 54.6 Å². The van der Waals surface area contributed by atoms with E-state index in [1.54, 1.807) is 0 Å². The van der Waals surface area contributed by atoms with Crippen molar-refractivity contribution in [1.82, 2.24) is 5.32 Å². The minimum absolute atomic E-state index is 0.225. The summed E-state index contributed by atoms with van der Waals surface area (Å²) in [6, 6.07) is 19.1. The molecule has 2 aromatic rings. The van der Waals surface area contributed by atoms with E-state index in [1.807, 2.05) is 13.1 Å². The van der Waals surface area contributed by atoms with Gasteiger partial charge in [0, 0.05) is 6.54 Å². The summed E-state index contributed by atoms with van der Waals surface area (Å²) in [5.41, 5.74) is 9.36. The highest BCUT2D eigenvalue weighted by atomic mass is 14.9. The monoisotopic (exact) mass is 226 g/mol. The van der Waals surface area contributed by atoms with Gasteiger partial charge < -0.3 is 11.1 Å². The van der Waals surface area contributed by atoms with Gasteiger partial charge in [0.15, 0.2) is 0 Å². The molecule has 3 N–H and O–H groups in total. The fraction of sp³-hybridized carbons (Fsp3) is 0.200. The number of rotatable bonds is 4. The molecule has 0 saturated heterocycles. The average molecular weight is 226 g/mol. The molecule has 0 bridgehead atoms. The Bertz CT molecular complexity index is 465. The summed E-state index contributed by atoms with van der Waals surface area (Å²) in [6.07, 6.45) is 0. The first-order chi connectivity index (χ1) is 8.35. The zero-order valence-electron chi connectivity index (χ0n) is 10.1. The highest BCUT2D eigenvalue weighted by Gasteiger charge is 2.11. The average Bonchev–Trinajstić information content (AvgIpc) is 2.41. The zero-order valence-corrected chi connectivity index (χ0v) is 10.1. The van der Waals surface area contributed by atoms with Crippen LogP contribution in [0, 0.1) is 0 Å². The van der Waals surface area contributed by atoms with Crippen molar-refractivity contribution in [1.29, 1.82) is 0 Å². The molecule has 2 rings (SSSR count). The fourth-order valence-electron chi connectivity index (χ4n) is 2.07. The summed E-state index contributed by atoms with van der Waals surface area (Å²) in [6.45, 7) is 0.582. The maximum absolute atomic E-state index is 5.68. The third kappa shape index (κ3) is 2.73. The predicted molar refractivity (Wildman–Crippen MR) is 71.7 cm³/mol. The van der Waals surface area contributed by atoms with Gasteiger partial charge in [0.25, 0.3) is 0 Å². The molecule has 0 spiro atoms. The number of nitrogens with two attached hydrogens (primary N) is 1. The molecule has 17 heavy (non-hydrogen) atoms. The predicted octanol–water partition coefficient (Wildman–Crippen LogP) is 2.45. The second-order valence-corrected chi connectivity index (χ2v) is 4.08. The Morgan fingerprint density at radius 3 is 2.35 bits per heavy atom. The van der Waals surface area contributed by atoms with E-state index in [0.717, 1.165) is 0 Å². The van der Waals surface area contributed by atoms with Crippen molar-refractivity contribution in [3.63, 3.8) is 0 Å². The van der Waals surface area contributed by atoms with Crippen molar-refractivity contribution in [2.75, 3.05) is 7.05 Å². The van der Waals surface area contributed by atoms with Gasteiger partial charge in [0.1, 0.15) is 0 Å². The second-order valence-electron chi connectivity index (χ2n) is 4.08. The van der Waals surface area contributed by atoms with Crippen LogP contribution in [0.5, 0.6) is 0 Å². The molecule has 0 aliphatic rings. The lowest BCUT2D eigenvalue weighted by atomic mass is 9.97. The van der Waals surface area contributed by atoms with Gasteiger partial charge in [-0.3, -0.25) is 0 Å². The quantitative estimate of drug-likeness (QED) is 0.840. The van der Waals surface area contributed by atoms with Crippen LogP contribution in [0.2, 0.25) is 0 Å². The first kappa shape index (κ1) is 11.8. The number of hydrogen-bond donors (Lipinski definition) is 2. The van der Waals surface area contributed by atoms with E-state index in [2.05, 4.69) is 53.8 Å². The van der Waals surface area contributed by atoms with Crippen molar-refractivity contribution in [2.24, 2.45) is 5.73 Å². The van der Waals surface area contributed by atoms with Crippen LogP contribution >= 0.6 is 0 Å². The first-order valence-electron chi connectivity index (χ1n) is 5.86. The summed E-state index contributed by atoms with van der Waals surface area (Å²) in [5, 5.41) is 3.35. The molecule has 0 saturated carbocycles. The second kappa shape index (κ2) is 5.62. The smallest absolute Gasteiger partial charge is 0.0574 e. The molecule has 0 heterocycles. The molecule has 0 aliphatic heterocycles. The van der Waals surface area contributed by atoms with Crippen LogP contribution in [0.4, 0.5) is 0 Å². The van der Waals surface area contributed by atoms with E-state index in [0.29, 0.717) is 6.54 Å². The summed E-state index contributed by atoms with van der Waals surface area (Å²) in [7, 11) is 1.98. The van der Waals surface area contributed by atoms with Crippen LogP contribution in [0.25, 0.3) is 0 Å². The first-order valence-corrected chi connectivity index (χ1v) is 5.86. The van der Waals surface area contributed by atoms with E-state index < -0.39 is 0 Å². The molecular weight excluding hydrogens is 208 g/mol. The van der Waals surface area contributed by atoms with Crippen LogP contribution in [0.3, 0.4) is 0 Å². The number of benzene rings is 2. The highest BCUT2D eigenvalue weighted by molar-refractivity contribution is 5.34. The topological polar surface area (TPSA) is 38.0 Å². The van der Waals surface area contributed by atoms with E-state index in [-0.39, 0.29) is 6.04 Å². The number of nitrogens with one attached hydrogen (secondary N) is 1. The normalized spacial score (nSPS) is 12.4. The van der Waals surface area contributed by atoms with E-state index in [1.165, 1.54) is 16.7 Å². The van der Waals surface area contributed by atoms with Gasteiger partial charge in [0.2, 0.25) is 0 Å². The lowest BCUT2D eigenvalue weighted by Crippen LogP contribution is -2.17. The minimum atomic E-state index is 0.225. The largest absolute Gasteiger partial charge is 0.326 e. The lowest BCUT2D eigenvalue weighted by molar-refractivity contribution is 0.690. The molecule has 2 aromatic carbocycles. The molecular formula is C15H18N2.